The van der Waals surface area contributed by atoms with E-state index in [0.29, 0.717) is 24.6 Å². The van der Waals surface area contributed by atoms with Crippen LogP contribution in [0.15, 0.2) is 47.0 Å². The number of nitrogens with zero attached hydrogens (tertiary/aromatic N) is 2. The van der Waals surface area contributed by atoms with E-state index in [2.05, 4.69) is 34.4 Å². The van der Waals surface area contributed by atoms with Crippen LogP contribution in [0.5, 0.6) is 0 Å². The highest BCUT2D eigenvalue weighted by molar-refractivity contribution is 5.86. The molecule has 1 aromatic heterocycles. The summed E-state index contributed by atoms with van der Waals surface area (Å²) in [6.45, 7) is 0.133. The number of aryl methyl sites for hydroxylation is 1. The van der Waals surface area contributed by atoms with Gasteiger partial charge in [0.15, 0.2) is 0 Å². The SMILES string of the molecule is OCCCc1nc(-c2ccc3ccccc3c2)no1. The van der Waals surface area contributed by atoms with Gasteiger partial charge in [0.25, 0.3) is 0 Å². The zero-order valence-electron chi connectivity index (χ0n) is 10.4. The number of rotatable bonds is 4. The molecule has 3 aromatic rings. The number of hydrogen-bond donors (Lipinski definition) is 1. The van der Waals surface area contributed by atoms with Crippen LogP contribution in [0, 0.1) is 0 Å². The minimum Gasteiger partial charge on any atom is -0.396 e. The predicted molar refractivity (Wildman–Crippen MR) is 72.6 cm³/mol. The van der Waals surface area contributed by atoms with Gasteiger partial charge < -0.3 is 9.63 Å². The highest BCUT2D eigenvalue weighted by atomic mass is 16.5. The number of aliphatic hydroxyl groups excluding tert-OH is 1. The Bertz CT molecular complexity index is 691. The summed E-state index contributed by atoms with van der Waals surface area (Å²) in [4.78, 5) is 4.34. The van der Waals surface area contributed by atoms with Crippen molar-refractivity contribution < 1.29 is 9.63 Å². The van der Waals surface area contributed by atoms with Gasteiger partial charge in [0.05, 0.1) is 0 Å². The van der Waals surface area contributed by atoms with Gasteiger partial charge >= 0.3 is 0 Å². The minimum atomic E-state index is 0.133. The van der Waals surface area contributed by atoms with Gasteiger partial charge in [-0.25, -0.2) is 0 Å². The van der Waals surface area contributed by atoms with Gasteiger partial charge in [0.1, 0.15) is 0 Å². The fourth-order valence-corrected chi connectivity index (χ4v) is 2.03. The van der Waals surface area contributed by atoms with Crippen LogP contribution >= 0.6 is 0 Å². The molecule has 0 aliphatic heterocycles. The van der Waals surface area contributed by atoms with Gasteiger partial charge in [-0.3, -0.25) is 0 Å². The van der Waals surface area contributed by atoms with Crippen LogP contribution in [-0.4, -0.2) is 21.9 Å². The Hall–Kier alpha value is -2.20. The van der Waals surface area contributed by atoms with Gasteiger partial charge in [-0.15, -0.1) is 0 Å². The molecule has 0 amide bonds. The molecule has 4 nitrogen and oxygen atoms in total. The molecule has 3 rings (SSSR count). The van der Waals surface area contributed by atoms with Crippen molar-refractivity contribution >= 4 is 10.8 Å². The third kappa shape index (κ3) is 2.48. The van der Waals surface area contributed by atoms with E-state index >= 15 is 0 Å². The summed E-state index contributed by atoms with van der Waals surface area (Å²) >= 11 is 0. The van der Waals surface area contributed by atoms with Crippen LogP contribution in [0.1, 0.15) is 12.3 Å². The van der Waals surface area contributed by atoms with Gasteiger partial charge in [-0.05, 0) is 23.3 Å². The van der Waals surface area contributed by atoms with Crippen molar-refractivity contribution in [1.29, 1.82) is 0 Å². The second kappa shape index (κ2) is 5.20. The molecule has 19 heavy (non-hydrogen) atoms. The van der Waals surface area contributed by atoms with Crippen LogP contribution in [0.2, 0.25) is 0 Å². The molecule has 96 valence electrons. The van der Waals surface area contributed by atoms with Crippen LogP contribution in [0.3, 0.4) is 0 Å². The molecule has 0 bridgehead atoms. The summed E-state index contributed by atoms with van der Waals surface area (Å²) < 4.78 is 5.16. The van der Waals surface area contributed by atoms with Crippen molar-refractivity contribution in [3.8, 4) is 11.4 Å². The number of aromatic nitrogens is 2. The third-order valence-electron chi connectivity index (χ3n) is 3.02. The van der Waals surface area contributed by atoms with E-state index in [9.17, 15) is 0 Å². The Morgan fingerprint density at radius 1 is 1.05 bits per heavy atom. The normalized spacial score (nSPS) is 11.0. The highest BCUT2D eigenvalue weighted by Gasteiger charge is 2.08. The average molecular weight is 254 g/mol. The van der Waals surface area contributed by atoms with Crippen LogP contribution in [0.25, 0.3) is 22.2 Å². The molecule has 0 radical (unpaired) electrons. The Morgan fingerprint density at radius 2 is 1.89 bits per heavy atom. The molecule has 1 heterocycles. The van der Waals surface area contributed by atoms with Gasteiger partial charge in [-0.2, -0.15) is 4.98 Å². The number of fused-ring (bicyclic) bond motifs is 1. The molecule has 0 aliphatic rings. The summed E-state index contributed by atoms with van der Waals surface area (Å²) in [5, 5.41) is 15.1. The van der Waals surface area contributed by atoms with Crippen molar-refractivity contribution in [2.75, 3.05) is 6.61 Å². The molecule has 2 aromatic carbocycles. The Kier molecular flexibility index (Phi) is 3.25. The van der Waals surface area contributed by atoms with Crippen molar-refractivity contribution in [1.82, 2.24) is 10.1 Å². The first-order chi connectivity index (χ1) is 9.36. The molecule has 4 heteroatoms. The van der Waals surface area contributed by atoms with E-state index in [1.807, 2.05) is 18.2 Å². The van der Waals surface area contributed by atoms with E-state index in [0.717, 1.165) is 10.9 Å². The number of aliphatic hydroxyl groups is 1. The second-order valence-corrected chi connectivity index (χ2v) is 4.40. The lowest BCUT2D eigenvalue weighted by atomic mass is 10.1. The molecule has 0 spiro atoms. The molecule has 0 atom stereocenters. The second-order valence-electron chi connectivity index (χ2n) is 4.40. The van der Waals surface area contributed by atoms with Crippen LogP contribution in [0.4, 0.5) is 0 Å². The molecule has 0 fully saturated rings. The largest absolute Gasteiger partial charge is 0.396 e. The van der Waals surface area contributed by atoms with Crippen LogP contribution in [-0.2, 0) is 6.42 Å². The number of benzene rings is 2. The van der Waals surface area contributed by atoms with E-state index < -0.39 is 0 Å². The summed E-state index contributed by atoms with van der Waals surface area (Å²) in [7, 11) is 0. The first-order valence-corrected chi connectivity index (χ1v) is 6.29. The molecule has 0 saturated heterocycles. The first kappa shape index (κ1) is 11.9. The summed E-state index contributed by atoms with van der Waals surface area (Å²) in [5.41, 5.74) is 0.942. The van der Waals surface area contributed by atoms with E-state index in [-0.39, 0.29) is 6.61 Å². The van der Waals surface area contributed by atoms with Crippen molar-refractivity contribution in [2.24, 2.45) is 0 Å². The molecule has 0 aliphatic carbocycles. The quantitative estimate of drug-likeness (QED) is 0.777. The predicted octanol–water partition coefficient (Wildman–Crippen LogP) is 2.81. The lowest BCUT2D eigenvalue weighted by Crippen LogP contribution is -1.89. The summed E-state index contributed by atoms with van der Waals surface area (Å²) in [5.74, 6) is 1.16. The molecular weight excluding hydrogens is 240 g/mol. The van der Waals surface area contributed by atoms with Gasteiger partial charge in [0.2, 0.25) is 11.7 Å². The van der Waals surface area contributed by atoms with E-state index in [4.69, 9.17) is 9.63 Å². The zero-order chi connectivity index (χ0) is 13.1. The maximum absolute atomic E-state index is 8.78. The van der Waals surface area contributed by atoms with Gasteiger partial charge in [-0.1, -0.05) is 41.6 Å². The fraction of sp³-hybridized carbons (Fsp3) is 0.200. The minimum absolute atomic E-state index is 0.133. The molecule has 0 unspecified atom stereocenters. The lowest BCUT2D eigenvalue weighted by Gasteiger charge is -1.99. The highest BCUT2D eigenvalue weighted by Crippen LogP contribution is 2.22. The molecular formula is C15H14N2O2. The van der Waals surface area contributed by atoms with Crippen molar-refractivity contribution in [3.63, 3.8) is 0 Å². The Morgan fingerprint density at radius 3 is 2.74 bits per heavy atom. The number of hydrogen-bond acceptors (Lipinski definition) is 4. The average Bonchev–Trinajstić information content (AvgIpc) is 2.93. The summed E-state index contributed by atoms with van der Waals surface area (Å²) in [6.07, 6.45) is 1.25. The standard InChI is InChI=1S/C15H14N2O2/c18-9-3-6-14-16-15(17-19-14)13-8-7-11-4-1-2-5-12(11)10-13/h1-2,4-5,7-8,10,18H,3,6,9H2. The van der Waals surface area contributed by atoms with Crippen molar-refractivity contribution in [3.05, 3.63) is 48.4 Å². The topological polar surface area (TPSA) is 59.2 Å². The zero-order valence-corrected chi connectivity index (χ0v) is 10.4. The van der Waals surface area contributed by atoms with Crippen LogP contribution < -0.4 is 0 Å². The first-order valence-electron chi connectivity index (χ1n) is 6.29. The lowest BCUT2D eigenvalue weighted by molar-refractivity contribution is 0.278. The molecule has 0 saturated carbocycles. The third-order valence-corrected chi connectivity index (χ3v) is 3.02. The van der Waals surface area contributed by atoms with E-state index in [1.165, 1.54) is 5.39 Å². The Balaban J connectivity index is 1.92. The van der Waals surface area contributed by atoms with Gasteiger partial charge in [0, 0.05) is 18.6 Å². The maximum atomic E-state index is 8.78. The maximum Gasteiger partial charge on any atom is 0.227 e. The monoisotopic (exact) mass is 254 g/mol. The fourth-order valence-electron chi connectivity index (χ4n) is 2.03. The Labute approximate surface area is 110 Å². The smallest absolute Gasteiger partial charge is 0.227 e. The summed E-state index contributed by atoms with van der Waals surface area (Å²) in [6, 6.07) is 14.2. The molecule has 1 N–H and O–H groups in total. The van der Waals surface area contributed by atoms with E-state index in [1.54, 1.807) is 0 Å². The van der Waals surface area contributed by atoms with Crippen molar-refractivity contribution in [2.45, 2.75) is 12.8 Å².